The van der Waals surface area contributed by atoms with Gasteiger partial charge in [0.25, 0.3) is 5.89 Å². The lowest BCUT2D eigenvalue weighted by Gasteiger charge is -2.19. The summed E-state index contributed by atoms with van der Waals surface area (Å²) in [6.45, 7) is 3.41. The number of aryl methyl sites for hydroxylation is 1. The van der Waals surface area contributed by atoms with E-state index in [-0.39, 0.29) is 35.0 Å². The molecule has 0 radical (unpaired) electrons. The Balaban J connectivity index is 1.72. The SMILES string of the molecule is C=CC(=O)Nc1cn(C)nc1Cc1ncc2oc(C(F)(F)c3c(Cl)c(OC)cc(OC)c3Cl)nc2n1. The summed E-state index contributed by atoms with van der Waals surface area (Å²) in [4.78, 5) is 23.9. The number of methoxy groups -OCH3 is 2. The molecule has 14 heteroatoms. The number of benzene rings is 1. The monoisotopic (exact) mass is 538 g/mol. The van der Waals surface area contributed by atoms with Crippen LogP contribution in [0, 0.1) is 0 Å². The largest absolute Gasteiger partial charge is 0.495 e. The van der Waals surface area contributed by atoms with Crippen LogP contribution in [0.4, 0.5) is 14.5 Å². The lowest BCUT2D eigenvalue weighted by molar-refractivity contribution is -0.111. The van der Waals surface area contributed by atoms with E-state index in [4.69, 9.17) is 37.1 Å². The summed E-state index contributed by atoms with van der Waals surface area (Å²) < 4.78 is 48.1. The molecule has 4 aromatic rings. The number of ether oxygens (including phenoxy) is 2. The molecule has 0 saturated heterocycles. The zero-order valence-electron chi connectivity index (χ0n) is 19.1. The Hall–Kier alpha value is -3.77. The Labute approximate surface area is 212 Å². The van der Waals surface area contributed by atoms with E-state index in [1.54, 1.807) is 13.2 Å². The van der Waals surface area contributed by atoms with Crippen LogP contribution in [0.5, 0.6) is 11.5 Å². The molecule has 0 atom stereocenters. The van der Waals surface area contributed by atoms with Gasteiger partial charge < -0.3 is 19.2 Å². The molecular formula is C22H18Cl2F2N6O4. The number of nitrogens with zero attached hydrogens (tertiary/aromatic N) is 5. The summed E-state index contributed by atoms with van der Waals surface area (Å²) >= 11 is 12.3. The number of oxazole rings is 1. The highest BCUT2D eigenvalue weighted by atomic mass is 35.5. The van der Waals surface area contributed by atoms with E-state index < -0.39 is 33.3 Å². The molecule has 1 aromatic carbocycles. The molecule has 3 aromatic heterocycles. The average Bonchev–Trinajstić information content (AvgIpc) is 3.42. The first-order valence-electron chi connectivity index (χ1n) is 10.2. The fraction of sp³-hybridized carbons (Fsp3) is 0.227. The Kier molecular flexibility index (Phi) is 6.83. The van der Waals surface area contributed by atoms with Crippen LogP contribution in [-0.4, -0.2) is 44.9 Å². The maximum absolute atomic E-state index is 15.6. The minimum absolute atomic E-state index is 0.0690. The predicted octanol–water partition coefficient (Wildman–Crippen LogP) is 4.53. The Morgan fingerprint density at radius 1 is 1.25 bits per heavy atom. The maximum atomic E-state index is 15.6. The minimum Gasteiger partial charge on any atom is -0.495 e. The first-order chi connectivity index (χ1) is 17.1. The molecule has 0 aliphatic carbocycles. The van der Waals surface area contributed by atoms with Crippen molar-refractivity contribution in [1.29, 1.82) is 0 Å². The lowest BCUT2D eigenvalue weighted by atomic mass is 10.1. The van der Waals surface area contributed by atoms with Gasteiger partial charge in [-0.2, -0.15) is 18.9 Å². The Bertz CT molecular complexity index is 1460. The number of hydrogen-bond donors (Lipinski definition) is 1. The van der Waals surface area contributed by atoms with Gasteiger partial charge in [-0.15, -0.1) is 0 Å². The Morgan fingerprint density at radius 2 is 1.92 bits per heavy atom. The molecule has 0 unspecified atom stereocenters. The van der Waals surface area contributed by atoms with E-state index in [1.165, 1.54) is 31.2 Å². The van der Waals surface area contributed by atoms with Crippen molar-refractivity contribution in [1.82, 2.24) is 24.7 Å². The van der Waals surface area contributed by atoms with Gasteiger partial charge in [-0.1, -0.05) is 29.8 Å². The lowest BCUT2D eigenvalue weighted by Crippen LogP contribution is -2.18. The molecule has 0 aliphatic rings. The topological polar surface area (TPSA) is 117 Å². The van der Waals surface area contributed by atoms with Crippen LogP contribution in [-0.2, 0) is 24.2 Å². The third kappa shape index (κ3) is 4.56. The van der Waals surface area contributed by atoms with Gasteiger partial charge in [0.05, 0.1) is 53.8 Å². The highest BCUT2D eigenvalue weighted by molar-refractivity contribution is 6.38. The van der Waals surface area contributed by atoms with E-state index >= 15 is 8.78 Å². The van der Waals surface area contributed by atoms with Gasteiger partial charge in [0.2, 0.25) is 11.6 Å². The summed E-state index contributed by atoms with van der Waals surface area (Å²) in [5.74, 6) is -5.23. The fourth-order valence-electron chi connectivity index (χ4n) is 3.36. The van der Waals surface area contributed by atoms with Crippen molar-refractivity contribution in [3.05, 3.63) is 64.1 Å². The normalized spacial score (nSPS) is 11.5. The maximum Gasteiger partial charge on any atom is 0.350 e. The molecule has 0 spiro atoms. The second-order valence-electron chi connectivity index (χ2n) is 7.38. The van der Waals surface area contributed by atoms with Gasteiger partial charge in [0.1, 0.15) is 17.3 Å². The second-order valence-corrected chi connectivity index (χ2v) is 8.14. The summed E-state index contributed by atoms with van der Waals surface area (Å²) in [5.41, 5.74) is -0.128. The number of carbonyl (C=O) groups excluding carboxylic acids is 1. The quantitative estimate of drug-likeness (QED) is 0.325. The Morgan fingerprint density at radius 3 is 2.53 bits per heavy atom. The molecule has 1 N–H and O–H groups in total. The summed E-state index contributed by atoms with van der Waals surface area (Å²) in [5, 5.41) is 6.07. The highest BCUT2D eigenvalue weighted by Crippen LogP contribution is 2.50. The van der Waals surface area contributed by atoms with E-state index in [2.05, 4.69) is 31.9 Å². The van der Waals surface area contributed by atoms with Crippen LogP contribution in [0.3, 0.4) is 0 Å². The van der Waals surface area contributed by atoms with Crippen LogP contribution < -0.4 is 14.8 Å². The zero-order chi connectivity index (χ0) is 26.2. The van der Waals surface area contributed by atoms with Crippen molar-refractivity contribution in [2.24, 2.45) is 7.05 Å². The van der Waals surface area contributed by atoms with E-state index in [0.717, 1.165) is 6.08 Å². The molecule has 0 saturated carbocycles. The van der Waals surface area contributed by atoms with Crippen molar-refractivity contribution in [3.8, 4) is 11.5 Å². The zero-order valence-corrected chi connectivity index (χ0v) is 20.6. The molecule has 188 valence electrons. The van der Waals surface area contributed by atoms with E-state index in [0.29, 0.717) is 11.4 Å². The number of halogens is 4. The third-order valence-electron chi connectivity index (χ3n) is 5.03. The van der Waals surface area contributed by atoms with Crippen molar-refractivity contribution in [2.45, 2.75) is 12.3 Å². The summed E-state index contributed by atoms with van der Waals surface area (Å²) in [7, 11) is 4.21. The van der Waals surface area contributed by atoms with Gasteiger partial charge in [-0.3, -0.25) is 9.48 Å². The van der Waals surface area contributed by atoms with Crippen LogP contribution in [0.2, 0.25) is 10.0 Å². The van der Waals surface area contributed by atoms with Gasteiger partial charge in [0.15, 0.2) is 5.58 Å². The molecule has 0 fully saturated rings. The third-order valence-corrected chi connectivity index (χ3v) is 5.78. The minimum atomic E-state index is -3.88. The molecule has 10 nitrogen and oxygen atoms in total. The first kappa shape index (κ1) is 25.3. The molecular weight excluding hydrogens is 521 g/mol. The van der Waals surface area contributed by atoms with Crippen molar-refractivity contribution in [3.63, 3.8) is 0 Å². The van der Waals surface area contributed by atoms with Crippen molar-refractivity contribution in [2.75, 3.05) is 19.5 Å². The fourth-order valence-corrected chi connectivity index (χ4v) is 4.10. The number of amides is 1. The summed E-state index contributed by atoms with van der Waals surface area (Å²) in [6, 6.07) is 1.29. The van der Waals surface area contributed by atoms with Gasteiger partial charge in [-0.25, -0.2) is 9.97 Å². The number of aromatic nitrogens is 5. The number of rotatable bonds is 8. The molecule has 0 bridgehead atoms. The number of hydrogen-bond acceptors (Lipinski definition) is 8. The smallest absolute Gasteiger partial charge is 0.350 e. The van der Waals surface area contributed by atoms with Gasteiger partial charge in [-0.05, 0) is 6.08 Å². The predicted molar refractivity (Wildman–Crippen MR) is 127 cm³/mol. The van der Waals surface area contributed by atoms with Gasteiger partial charge in [0, 0.05) is 19.3 Å². The summed E-state index contributed by atoms with van der Waals surface area (Å²) in [6.07, 6.45) is 4.00. The first-order valence-corrected chi connectivity index (χ1v) is 10.9. The highest BCUT2D eigenvalue weighted by Gasteiger charge is 2.45. The van der Waals surface area contributed by atoms with E-state index in [1.807, 2.05) is 0 Å². The number of fused-ring (bicyclic) bond motifs is 1. The number of carbonyl (C=O) groups is 1. The number of alkyl halides is 2. The van der Waals surface area contributed by atoms with Crippen LogP contribution >= 0.6 is 23.2 Å². The van der Waals surface area contributed by atoms with Crippen LogP contribution in [0.15, 0.2) is 35.5 Å². The van der Waals surface area contributed by atoms with Crippen LogP contribution in [0.25, 0.3) is 11.2 Å². The molecule has 36 heavy (non-hydrogen) atoms. The molecule has 0 aliphatic heterocycles. The molecule has 4 rings (SSSR count). The van der Waals surface area contributed by atoms with Gasteiger partial charge >= 0.3 is 5.92 Å². The van der Waals surface area contributed by atoms with Crippen LogP contribution in [0.1, 0.15) is 23.0 Å². The number of anilines is 1. The average molecular weight is 539 g/mol. The van der Waals surface area contributed by atoms with E-state index in [9.17, 15) is 4.79 Å². The van der Waals surface area contributed by atoms with Crippen molar-refractivity contribution >= 4 is 46.0 Å². The standard InChI is InChI=1S/C22H18Cl2F2N6O4/c1-5-16(33)28-11-9-32(2)31-10(11)6-15-27-8-14-20(29-15)30-21(36-14)22(25,26)17-18(23)12(34-3)7-13(35-4)19(17)24/h5,7-9H,1,6H2,2-4H3,(H,28,33). The number of nitrogens with one attached hydrogen (secondary N) is 1. The molecule has 3 heterocycles. The molecule has 1 amide bonds. The van der Waals surface area contributed by atoms with Crippen molar-refractivity contribution < 1.29 is 27.5 Å². The second kappa shape index (κ2) is 9.70.